The molecule has 98 valence electrons. The third kappa shape index (κ3) is 3.14. The molecule has 0 fully saturated rings. The van der Waals surface area contributed by atoms with Gasteiger partial charge in [-0.3, -0.25) is 0 Å². The molecule has 0 saturated carbocycles. The molecule has 2 heterocycles. The van der Waals surface area contributed by atoms with Crippen molar-refractivity contribution in [1.82, 2.24) is 9.97 Å². The van der Waals surface area contributed by atoms with Gasteiger partial charge in [-0.15, -0.1) is 11.3 Å². The first-order chi connectivity index (χ1) is 8.74. The van der Waals surface area contributed by atoms with Crippen LogP contribution in [0.5, 0.6) is 0 Å². The Hall–Kier alpha value is -0.810. The molecule has 0 saturated heterocycles. The lowest BCUT2D eigenvalue weighted by molar-refractivity contribution is 1.05. The van der Waals surface area contributed by atoms with Crippen LogP contribution in [-0.4, -0.2) is 22.3 Å². The van der Waals surface area contributed by atoms with Gasteiger partial charge in [0, 0.05) is 11.4 Å². The molecule has 2 aromatic rings. The SMILES string of the molecule is CCCSCc1nc(NCC)c2cc(C)sc2n1. The predicted octanol–water partition coefficient (Wildman–Crippen LogP) is 4.07. The van der Waals surface area contributed by atoms with E-state index in [2.05, 4.69) is 42.1 Å². The van der Waals surface area contributed by atoms with E-state index in [-0.39, 0.29) is 0 Å². The lowest BCUT2D eigenvalue weighted by Crippen LogP contribution is -2.03. The highest BCUT2D eigenvalue weighted by Crippen LogP contribution is 2.29. The van der Waals surface area contributed by atoms with Crippen molar-refractivity contribution in [2.45, 2.75) is 32.9 Å². The van der Waals surface area contributed by atoms with Gasteiger partial charge < -0.3 is 5.32 Å². The molecule has 0 aliphatic heterocycles. The Labute approximate surface area is 116 Å². The normalized spacial score (nSPS) is 11.1. The molecule has 0 unspecified atom stereocenters. The molecule has 2 rings (SSSR count). The molecule has 0 aromatic carbocycles. The first-order valence-electron chi connectivity index (χ1n) is 6.33. The lowest BCUT2D eigenvalue weighted by atomic mass is 10.3. The summed E-state index contributed by atoms with van der Waals surface area (Å²) in [6, 6.07) is 2.17. The number of hydrogen-bond acceptors (Lipinski definition) is 5. The Morgan fingerprint density at radius 3 is 2.89 bits per heavy atom. The third-order valence-corrected chi connectivity index (χ3v) is 4.59. The standard InChI is InChI=1S/C13H19N3S2/c1-4-6-17-8-11-15-12(14-5-2)10-7-9(3)18-13(10)16-11/h7H,4-6,8H2,1-3H3,(H,14,15,16). The van der Waals surface area contributed by atoms with Gasteiger partial charge in [-0.25, -0.2) is 9.97 Å². The molecule has 0 aliphatic rings. The molecule has 0 radical (unpaired) electrons. The second-order valence-corrected chi connectivity index (χ2v) is 6.49. The van der Waals surface area contributed by atoms with Gasteiger partial charge in [0.15, 0.2) is 0 Å². The molecule has 1 N–H and O–H groups in total. The van der Waals surface area contributed by atoms with E-state index >= 15 is 0 Å². The Balaban J connectivity index is 2.30. The lowest BCUT2D eigenvalue weighted by Gasteiger charge is -2.06. The first-order valence-corrected chi connectivity index (χ1v) is 8.30. The van der Waals surface area contributed by atoms with Crippen molar-refractivity contribution in [3.63, 3.8) is 0 Å². The van der Waals surface area contributed by atoms with Crippen LogP contribution in [0.25, 0.3) is 10.2 Å². The second kappa shape index (κ2) is 6.38. The van der Waals surface area contributed by atoms with Crippen molar-refractivity contribution in [1.29, 1.82) is 0 Å². The minimum atomic E-state index is 0.891. The van der Waals surface area contributed by atoms with Crippen LogP contribution in [0, 0.1) is 6.92 Å². The number of aromatic nitrogens is 2. The molecule has 5 heteroatoms. The summed E-state index contributed by atoms with van der Waals surface area (Å²) in [5, 5.41) is 4.50. The van der Waals surface area contributed by atoms with Crippen LogP contribution in [0.1, 0.15) is 31.0 Å². The molecule has 0 amide bonds. The van der Waals surface area contributed by atoms with E-state index in [4.69, 9.17) is 0 Å². The van der Waals surface area contributed by atoms with Crippen molar-refractivity contribution in [2.24, 2.45) is 0 Å². The largest absolute Gasteiger partial charge is 0.370 e. The van der Waals surface area contributed by atoms with Crippen molar-refractivity contribution < 1.29 is 0 Å². The summed E-state index contributed by atoms with van der Waals surface area (Å²) in [5.41, 5.74) is 0. The number of hydrogen-bond donors (Lipinski definition) is 1. The number of anilines is 1. The monoisotopic (exact) mass is 281 g/mol. The van der Waals surface area contributed by atoms with Crippen molar-refractivity contribution in [3.05, 3.63) is 16.8 Å². The third-order valence-electron chi connectivity index (χ3n) is 2.49. The highest BCUT2D eigenvalue weighted by atomic mass is 32.2. The maximum absolute atomic E-state index is 4.66. The Kier molecular flexibility index (Phi) is 4.83. The van der Waals surface area contributed by atoms with Crippen molar-refractivity contribution in [3.8, 4) is 0 Å². The Bertz CT molecular complexity index is 522. The summed E-state index contributed by atoms with van der Waals surface area (Å²) in [4.78, 5) is 11.7. The zero-order valence-electron chi connectivity index (χ0n) is 11.1. The number of rotatable bonds is 6. The van der Waals surface area contributed by atoms with Gasteiger partial charge in [0.05, 0.1) is 11.1 Å². The molecular formula is C13H19N3S2. The van der Waals surface area contributed by atoms with Crippen LogP contribution in [0.2, 0.25) is 0 Å². The predicted molar refractivity (Wildman–Crippen MR) is 82.8 cm³/mol. The van der Waals surface area contributed by atoms with Gasteiger partial charge in [0.25, 0.3) is 0 Å². The van der Waals surface area contributed by atoms with E-state index in [9.17, 15) is 0 Å². The summed E-state index contributed by atoms with van der Waals surface area (Å²) < 4.78 is 0. The van der Waals surface area contributed by atoms with Gasteiger partial charge in [0.1, 0.15) is 16.5 Å². The Morgan fingerprint density at radius 2 is 2.17 bits per heavy atom. The van der Waals surface area contributed by atoms with E-state index in [1.807, 2.05) is 11.8 Å². The van der Waals surface area contributed by atoms with Crippen LogP contribution in [0.4, 0.5) is 5.82 Å². The van der Waals surface area contributed by atoms with Crippen LogP contribution >= 0.6 is 23.1 Å². The molecule has 0 bridgehead atoms. The average molecular weight is 281 g/mol. The zero-order chi connectivity index (χ0) is 13.0. The fraction of sp³-hybridized carbons (Fsp3) is 0.538. The van der Waals surface area contributed by atoms with E-state index in [0.717, 1.165) is 34.2 Å². The van der Waals surface area contributed by atoms with Gasteiger partial charge in [0.2, 0.25) is 0 Å². The topological polar surface area (TPSA) is 37.8 Å². The van der Waals surface area contributed by atoms with Gasteiger partial charge in [-0.1, -0.05) is 6.92 Å². The van der Waals surface area contributed by atoms with E-state index in [1.165, 1.54) is 17.1 Å². The maximum atomic E-state index is 4.66. The maximum Gasteiger partial charge on any atom is 0.142 e. The fourth-order valence-electron chi connectivity index (χ4n) is 1.76. The van der Waals surface area contributed by atoms with Crippen molar-refractivity contribution >= 4 is 39.1 Å². The molecular weight excluding hydrogens is 262 g/mol. The summed E-state index contributed by atoms with van der Waals surface area (Å²) in [7, 11) is 0. The Morgan fingerprint density at radius 1 is 1.33 bits per heavy atom. The number of thiophene rings is 1. The summed E-state index contributed by atoms with van der Waals surface area (Å²) in [5.74, 6) is 4.00. The first kappa shape index (κ1) is 13.6. The van der Waals surface area contributed by atoms with Crippen LogP contribution in [0.15, 0.2) is 6.07 Å². The molecule has 2 aromatic heterocycles. The number of aryl methyl sites for hydroxylation is 1. The average Bonchev–Trinajstić information content (AvgIpc) is 2.70. The number of nitrogens with zero attached hydrogens (tertiary/aromatic N) is 2. The minimum absolute atomic E-state index is 0.891. The van der Waals surface area contributed by atoms with Gasteiger partial charge in [-0.05, 0) is 32.1 Å². The highest BCUT2D eigenvalue weighted by molar-refractivity contribution is 7.98. The van der Waals surface area contributed by atoms with Crippen molar-refractivity contribution in [2.75, 3.05) is 17.6 Å². The number of fused-ring (bicyclic) bond motifs is 1. The van der Waals surface area contributed by atoms with Gasteiger partial charge in [-0.2, -0.15) is 11.8 Å². The quantitative estimate of drug-likeness (QED) is 0.810. The fourth-order valence-corrected chi connectivity index (χ4v) is 3.40. The highest BCUT2D eigenvalue weighted by Gasteiger charge is 2.09. The summed E-state index contributed by atoms with van der Waals surface area (Å²) in [6.45, 7) is 7.30. The van der Waals surface area contributed by atoms with E-state index in [0.29, 0.717) is 0 Å². The van der Waals surface area contributed by atoms with Gasteiger partial charge >= 0.3 is 0 Å². The smallest absolute Gasteiger partial charge is 0.142 e. The van der Waals surface area contributed by atoms with Crippen LogP contribution in [0.3, 0.4) is 0 Å². The minimum Gasteiger partial charge on any atom is -0.370 e. The number of nitrogens with one attached hydrogen (secondary N) is 1. The summed E-state index contributed by atoms with van der Waals surface area (Å²) in [6.07, 6.45) is 1.20. The zero-order valence-corrected chi connectivity index (χ0v) is 12.7. The second-order valence-electron chi connectivity index (χ2n) is 4.15. The van der Waals surface area contributed by atoms with Crippen LogP contribution in [-0.2, 0) is 5.75 Å². The molecule has 0 atom stereocenters. The summed E-state index contributed by atoms with van der Waals surface area (Å²) >= 11 is 3.65. The number of thioether (sulfide) groups is 1. The molecule has 0 aliphatic carbocycles. The molecule has 18 heavy (non-hydrogen) atoms. The molecule has 0 spiro atoms. The molecule has 3 nitrogen and oxygen atoms in total. The van der Waals surface area contributed by atoms with E-state index < -0.39 is 0 Å². The van der Waals surface area contributed by atoms with E-state index in [1.54, 1.807) is 11.3 Å². The van der Waals surface area contributed by atoms with Crippen LogP contribution < -0.4 is 5.32 Å².